The standard InChI is InChI=1S/C18H22O3/c1-12(21-17(19)18(2,3)4)14-11-10-13-8-6-7-9-15(13)16(14)20-5/h6-12H,1-5H3/t12-/m0/s1. The number of rotatable bonds is 3. The quantitative estimate of drug-likeness (QED) is 0.779. The summed E-state index contributed by atoms with van der Waals surface area (Å²) in [6.45, 7) is 7.41. The van der Waals surface area contributed by atoms with Crippen LogP contribution in [0.5, 0.6) is 5.75 Å². The first-order chi connectivity index (χ1) is 9.84. The Labute approximate surface area is 125 Å². The van der Waals surface area contributed by atoms with Crippen LogP contribution >= 0.6 is 0 Å². The van der Waals surface area contributed by atoms with Crippen LogP contribution in [0, 0.1) is 5.41 Å². The van der Waals surface area contributed by atoms with Crippen LogP contribution in [0.4, 0.5) is 0 Å². The summed E-state index contributed by atoms with van der Waals surface area (Å²) in [5.41, 5.74) is 0.368. The van der Waals surface area contributed by atoms with Gasteiger partial charge >= 0.3 is 5.97 Å². The average Bonchev–Trinajstić information content (AvgIpc) is 2.44. The average molecular weight is 286 g/mol. The molecule has 0 aliphatic heterocycles. The summed E-state index contributed by atoms with van der Waals surface area (Å²) in [6, 6.07) is 12.0. The third-order valence-corrected chi connectivity index (χ3v) is 3.45. The van der Waals surface area contributed by atoms with Gasteiger partial charge in [-0.2, -0.15) is 0 Å². The topological polar surface area (TPSA) is 35.5 Å². The molecule has 0 aliphatic rings. The van der Waals surface area contributed by atoms with Crippen LogP contribution in [0.15, 0.2) is 36.4 Å². The molecule has 0 unspecified atom stereocenters. The largest absolute Gasteiger partial charge is 0.496 e. The molecule has 2 aromatic rings. The zero-order valence-electron chi connectivity index (χ0n) is 13.3. The molecule has 0 N–H and O–H groups in total. The van der Waals surface area contributed by atoms with E-state index in [2.05, 4.69) is 0 Å². The number of carbonyl (C=O) groups is 1. The van der Waals surface area contributed by atoms with Gasteiger partial charge in [-0.1, -0.05) is 36.4 Å². The molecule has 0 aromatic heterocycles. The van der Waals surface area contributed by atoms with Gasteiger partial charge < -0.3 is 9.47 Å². The normalized spacial score (nSPS) is 13.0. The molecule has 0 bridgehead atoms. The highest BCUT2D eigenvalue weighted by atomic mass is 16.5. The molecule has 112 valence electrons. The van der Waals surface area contributed by atoms with E-state index in [1.807, 2.05) is 64.1 Å². The van der Waals surface area contributed by atoms with Crippen LogP contribution in [0.3, 0.4) is 0 Å². The molecule has 3 heteroatoms. The SMILES string of the molecule is COc1c([C@H](C)OC(=O)C(C)(C)C)ccc2ccccc12. The molecule has 0 saturated carbocycles. The van der Waals surface area contributed by atoms with Gasteiger partial charge in [-0.3, -0.25) is 4.79 Å². The zero-order chi connectivity index (χ0) is 15.6. The van der Waals surface area contributed by atoms with Gasteiger partial charge in [0, 0.05) is 10.9 Å². The number of carbonyl (C=O) groups excluding carboxylic acids is 1. The van der Waals surface area contributed by atoms with E-state index in [0.717, 1.165) is 22.1 Å². The fourth-order valence-corrected chi connectivity index (χ4v) is 2.21. The van der Waals surface area contributed by atoms with Gasteiger partial charge in [0.25, 0.3) is 0 Å². The number of fused-ring (bicyclic) bond motifs is 1. The van der Waals surface area contributed by atoms with Crippen molar-refractivity contribution in [2.24, 2.45) is 5.41 Å². The molecule has 0 radical (unpaired) electrons. The molecule has 0 aliphatic carbocycles. The highest BCUT2D eigenvalue weighted by molar-refractivity contribution is 5.89. The summed E-state index contributed by atoms with van der Waals surface area (Å²) in [5, 5.41) is 2.13. The van der Waals surface area contributed by atoms with E-state index in [1.54, 1.807) is 7.11 Å². The van der Waals surface area contributed by atoms with Crippen LogP contribution in [0.25, 0.3) is 10.8 Å². The Balaban J connectivity index is 2.39. The maximum Gasteiger partial charge on any atom is 0.311 e. The van der Waals surface area contributed by atoms with Gasteiger partial charge in [-0.25, -0.2) is 0 Å². The van der Waals surface area contributed by atoms with Crippen molar-refractivity contribution in [3.05, 3.63) is 42.0 Å². The summed E-state index contributed by atoms with van der Waals surface area (Å²) >= 11 is 0. The van der Waals surface area contributed by atoms with Crippen molar-refractivity contribution in [3.63, 3.8) is 0 Å². The number of hydrogen-bond acceptors (Lipinski definition) is 3. The first-order valence-corrected chi connectivity index (χ1v) is 7.11. The predicted octanol–water partition coefficient (Wildman–Crippen LogP) is 4.50. The van der Waals surface area contributed by atoms with Crippen molar-refractivity contribution < 1.29 is 14.3 Å². The highest BCUT2D eigenvalue weighted by Crippen LogP contribution is 2.35. The van der Waals surface area contributed by atoms with Gasteiger partial charge in [0.1, 0.15) is 11.9 Å². The second kappa shape index (κ2) is 5.76. The third kappa shape index (κ3) is 3.18. The van der Waals surface area contributed by atoms with E-state index < -0.39 is 5.41 Å². The smallest absolute Gasteiger partial charge is 0.311 e. The number of benzene rings is 2. The summed E-state index contributed by atoms with van der Waals surface area (Å²) in [7, 11) is 1.64. The number of ether oxygens (including phenoxy) is 2. The van der Waals surface area contributed by atoms with E-state index in [-0.39, 0.29) is 12.1 Å². The Kier molecular flexibility index (Phi) is 4.21. The molecule has 0 heterocycles. The number of hydrogen-bond donors (Lipinski definition) is 0. The summed E-state index contributed by atoms with van der Waals surface area (Å²) in [4.78, 5) is 12.0. The third-order valence-electron chi connectivity index (χ3n) is 3.45. The molecule has 0 saturated heterocycles. The van der Waals surface area contributed by atoms with Crippen molar-refractivity contribution in [2.75, 3.05) is 7.11 Å². The molecule has 0 amide bonds. The fraction of sp³-hybridized carbons (Fsp3) is 0.389. The lowest BCUT2D eigenvalue weighted by atomic mass is 9.97. The van der Waals surface area contributed by atoms with Gasteiger partial charge in [-0.05, 0) is 33.1 Å². The summed E-state index contributed by atoms with van der Waals surface area (Å²) < 4.78 is 11.1. The first kappa shape index (κ1) is 15.4. The molecule has 3 nitrogen and oxygen atoms in total. The van der Waals surface area contributed by atoms with Crippen LogP contribution in [0.1, 0.15) is 39.4 Å². The van der Waals surface area contributed by atoms with Gasteiger partial charge in [0.15, 0.2) is 0 Å². The second-order valence-electron chi connectivity index (χ2n) is 6.21. The molecule has 0 spiro atoms. The van der Waals surface area contributed by atoms with Crippen LogP contribution in [-0.4, -0.2) is 13.1 Å². The maximum absolute atomic E-state index is 12.0. The highest BCUT2D eigenvalue weighted by Gasteiger charge is 2.26. The fourth-order valence-electron chi connectivity index (χ4n) is 2.21. The van der Waals surface area contributed by atoms with Crippen molar-refractivity contribution in [1.82, 2.24) is 0 Å². The molecular formula is C18H22O3. The lowest BCUT2D eigenvalue weighted by molar-refractivity contribution is -0.158. The Bertz CT molecular complexity index is 653. The van der Waals surface area contributed by atoms with E-state index >= 15 is 0 Å². The van der Waals surface area contributed by atoms with Crippen LogP contribution in [0.2, 0.25) is 0 Å². The van der Waals surface area contributed by atoms with Crippen LogP contribution < -0.4 is 4.74 Å². The van der Waals surface area contributed by atoms with Gasteiger partial charge in [0.05, 0.1) is 12.5 Å². The van der Waals surface area contributed by atoms with Crippen molar-refractivity contribution in [3.8, 4) is 5.75 Å². The predicted molar refractivity (Wildman–Crippen MR) is 84.5 cm³/mol. The lowest BCUT2D eigenvalue weighted by Gasteiger charge is -2.23. The number of esters is 1. The minimum absolute atomic E-state index is 0.217. The maximum atomic E-state index is 12.0. The Hall–Kier alpha value is -2.03. The monoisotopic (exact) mass is 286 g/mol. The molecular weight excluding hydrogens is 264 g/mol. The second-order valence-corrected chi connectivity index (χ2v) is 6.21. The molecule has 2 aromatic carbocycles. The molecule has 0 fully saturated rings. The first-order valence-electron chi connectivity index (χ1n) is 7.11. The number of methoxy groups -OCH3 is 1. The Morgan fingerprint density at radius 1 is 1.10 bits per heavy atom. The Morgan fingerprint density at radius 2 is 1.76 bits per heavy atom. The van der Waals surface area contributed by atoms with E-state index in [1.165, 1.54) is 0 Å². The van der Waals surface area contributed by atoms with E-state index in [0.29, 0.717) is 0 Å². The van der Waals surface area contributed by atoms with Crippen molar-refractivity contribution in [1.29, 1.82) is 0 Å². The summed E-state index contributed by atoms with van der Waals surface area (Å²) in [6.07, 6.45) is -0.351. The molecule has 21 heavy (non-hydrogen) atoms. The zero-order valence-corrected chi connectivity index (χ0v) is 13.3. The minimum atomic E-state index is -0.516. The van der Waals surface area contributed by atoms with Crippen molar-refractivity contribution >= 4 is 16.7 Å². The minimum Gasteiger partial charge on any atom is -0.496 e. The van der Waals surface area contributed by atoms with Gasteiger partial charge in [0.2, 0.25) is 0 Å². The Morgan fingerprint density at radius 3 is 2.38 bits per heavy atom. The summed E-state index contributed by atoms with van der Waals surface area (Å²) in [5.74, 6) is 0.549. The van der Waals surface area contributed by atoms with Crippen molar-refractivity contribution in [2.45, 2.75) is 33.8 Å². The molecule has 1 atom stereocenters. The lowest BCUT2D eigenvalue weighted by Crippen LogP contribution is -2.24. The van der Waals surface area contributed by atoms with E-state index in [9.17, 15) is 4.79 Å². The molecule has 2 rings (SSSR count). The van der Waals surface area contributed by atoms with Crippen LogP contribution in [-0.2, 0) is 9.53 Å². The van der Waals surface area contributed by atoms with E-state index in [4.69, 9.17) is 9.47 Å². The van der Waals surface area contributed by atoms with Gasteiger partial charge in [-0.15, -0.1) is 0 Å².